The summed E-state index contributed by atoms with van der Waals surface area (Å²) in [6.45, 7) is 13.9. The van der Waals surface area contributed by atoms with Gasteiger partial charge in [-0.15, -0.1) is 0 Å². The molecule has 31 heavy (non-hydrogen) atoms. The zero-order valence-electron chi connectivity index (χ0n) is 21.1. The maximum absolute atomic E-state index is 11.5. The first-order valence-electron chi connectivity index (χ1n) is 13.2. The monoisotopic (exact) mass is 426 g/mol. The van der Waals surface area contributed by atoms with E-state index < -0.39 is 0 Å². The molecule has 0 spiro atoms. The Morgan fingerprint density at radius 2 is 1.81 bits per heavy atom. The number of rotatable bonds is 5. The summed E-state index contributed by atoms with van der Waals surface area (Å²) in [4.78, 5) is 11.5. The number of hydrogen-bond acceptors (Lipinski definition) is 2. The van der Waals surface area contributed by atoms with Gasteiger partial charge in [-0.05, 0) is 99.2 Å². The quantitative estimate of drug-likeness (QED) is 0.328. The van der Waals surface area contributed by atoms with Crippen LogP contribution in [0.5, 0.6) is 0 Å². The number of ether oxygens (including phenoxy) is 1. The van der Waals surface area contributed by atoms with E-state index in [1.165, 1.54) is 57.8 Å². The Bertz CT molecular complexity index is 759. The van der Waals surface area contributed by atoms with Crippen LogP contribution in [0.15, 0.2) is 22.8 Å². The van der Waals surface area contributed by atoms with Crippen LogP contribution in [0.3, 0.4) is 0 Å². The summed E-state index contributed by atoms with van der Waals surface area (Å²) >= 11 is 0. The highest BCUT2D eigenvalue weighted by Gasteiger charge is 2.57. The van der Waals surface area contributed by atoms with Crippen LogP contribution >= 0.6 is 0 Å². The van der Waals surface area contributed by atoms with Gasteiger partial charge in [-0.2, -0.15) is 0 Å². The lowest BCUT2D eigenvalue weighted by Crippen LogP contribution is -2.49. The second-order valence-corrected chi connectivity index (χ2v) is 12.3. The molecule has 0 saturated heterocycles. The van der Waals surface area contributed by atoms with Crippen LogP contribution in [0, 0.1) is 34.5 Å². The second kappa shape index (κ2) is 8.71. The first kappa shape index (κ1) is 23.1. The second-order valence-electron chi connectivity index (χ2n) is 12.3. The van der Waals surface area contributed by atoms with Crippen molar-refractivity contribution >= 4 is 5.97 Å². The van der Waals surface area contributed by atoms with Gasteiger partial charge in [-0.1, -0.05) is 56.9 Å². The van der Waals surface area contributed by atoms with Gasteiger partial charge in [0.25, 0.3) is 0 Å². The molecule has 6 unspecified atom stereocenters. The van der Waals surface area contributed by atoms with E-state index in [1.807, 2.05) is 5.57 Å². The molecule has 0 N–H and O–H groups in total. The third-order valence-electron chi connectivity index (χ3n) is 10.0. The Labute approximate surface area is 191 Å². The number of fused-ring (bicyclic) bond motifs is 5. The van der Waals surface area contributed by atoms with Gasteiger partial charge in [0.1, 0.15) is 6.10 Å². The van der Waals surface area contributed by atoms with E-state index in [1.54, 1.807) is 18.1 Å². The minimum Gasteiger partial charge on any atom is -0.462 e. The van der Waals surface area contributed by atoms with E-state index in [2.05, 4.69) is 40.7 Å². The molecule has 2 heteroatoms. The van der Waals surface area contributed by atoms with Crippen molar-refractivity contribution in [3.8, 4) is 0 Å². The minimum absolute atomic E-state index is 0.108. The maximum atomic E-state index is 11.5. The zero-order chi connectivity index (χ0) is 22.4. The van der Waals surface area contributed by atoms with E-state index in [4.69, 9.17) is 4.74 Å². The lowest BCUT2D eigenvalue weighted by atomic mass is 9.47. The largest absolute Gasteiger partial charge is 0.462 e. The highest BCUT2D eigenvalue weighted by Crippen LogP contribution is 2.66. The summed E-state index contributed by atoms with van der Waals surface area (Å²) in [7, 11) is 0. The van der Waals surface area contributed by atoms with E-state index in [0.29, 0.717) is 10.8 Å². The Kier molecular flexibility index (Phi) is 6.50. The third kappa shape index (κ3) is 4.18. The highest BCUT2D eigenvalue weighted by atomic mass is 16.5. The van der Waals surface area contributed by atoms with E-state index in [0.717, 1.165) is 36.5 Å². The van der Waals surface area contributed by atoms with Crippen LogP contribution in [-0.2, 0) is 9.53 Å². The fourth-order valence-corrected chi connectivity index (χ4v) is 8.40. The molecular weight excluding hydrogens is 380 g/mol. The molecular formula is C29H46O2. The number of carbonyl (C=O) groups is 1. The smallest absolute Gasteiger partial charge is 0.302 e. The fraction of sp³-hybridized carbons (Fsp3) is 0.828. The SMILES string of the molecule is CC(=O)OC1CCC2(C)C(=CCC3C2CCC2(C)/C(=C(\C)CCCC(C)C)CCC32)C1. The van der Waals surface area contributed by atoms with Crippen molar-refractivity contribution < 1.29 is 9.53 Å². The van der Waals surface area contributed by atoms with Crippen molar-refractivity contribution in [1.82, 2.24) is 0 Å². The summed E-state index contributed by atoms with van der Waals surface area (Å²) in [5.74, 6) is 3.23. The Hall–Kier alpha value is -1.05. The van der Waals surface area contributed by atoms with Gasteiger partial charge < -0.3 is 4.74 Å². The highest BCUT2D eigenvalue weighted by molar-refractivity contribution is 5.66. The molecule has 3 fully saturated rings. The molecule has 0 heterocycles. The van der Waals surface area contributed by atoms with Gasteiger partial charge in [0.15, 0.2) is 0 Å². The summed E-state index contributed by atoms with van der Waals surface area (Å²) < 4.78 is 5.61. The lowest BCUT2D eigenvalue weighted by molar-refractivity contribution is -0.148. The number of allylic oxidation sites excluding steroid dienone is 3. The molecule has 0 aromatic rings. The van der Waals surface area contributed by atoms with Crippen molar-refractivity contribution in [2.75, 3.05) is 0 Å². The van der Waals surface area contributed by atoms with Crippen LogP contribution in [0.25, 0.3) is 0 Å². The fourth-order valence-electron chi connectivity index (χ4n) is 8.40. The molecule has 6 atom stereocenters. The summed E-state index contributed by atoms with van der Waals surface area (Å²) in [5, 5.41) is 0. The van der Waals surface area contributed by atoms with Crippen molar-refractivity contribution in [3.05, 3.63) is 22.8 Å². The maximum Gasteiger partial charge on any atom is 0.302 e. The first-order valence-corrected chi connectivity index (χ1v) is 13.2. The van der Waals surface area contributed by atoms with Crippen LogP contribution in [0.2, 0.25) is 0 Å². The Morgan fingerprint density at radius 3 is 2.52 bits per heavy atom. The van der Waals surface area contributed by atoms with Crippen molar-refractivity contribution in [3.63, 3.8) is 0 Å². The molecule has 3 saturated carbocycles. The number of carbonyl (C=O) groups excluding carboxylic acids is 1. The molecule has 0 aromatic heterocycles. The van der Waals surface area contributed by atoms with Gasteiger partial charge in [0.05, 0.1) is 0 Å². The van der Waals surface area contributed by atoms with Crippen LogP contribution in [-0.4, -0.2) is 12.1 Å². The molecule has 0 amide bonds. The molecule has 0 aromatic carbocycles. The first-order chi connectivity index (χ1) is 14.6. The average Bonchev–Trinajstić information content (AvgIpc) is 3.05. The van der Waals surface area contributed by atoms with Gasteiger partial charge in [0.2, 0.25) is 0 Å². The van der Waals surface area contributed by atoms with Crippen LogP contribution in [0.1, 0.15) is 112 Å². The van der Waals surface area contributed by atoms with Gasteiger partial charge in [-0.3, -0.25) is 4.79 Å². The lowest BCUT2D eigenvalue weighted by Gasteiger charge is -2.57. The van der Waals surface area contributed by atoms with E-state index >= 15 is 0 Å². The summed E-state index contributed by atoms with van der Waals surface area (Å²) in [5.41, 5.74) is 5.95. The van der Waals surface area contributed by atoms with Crippen LogP contribution < -0.4 is 0 Å². The van der Waals surface area contributed by atoms with Crippen molar-refractivity contribution in [1.29, 1.82) is 0 Å². The Morgan fingerprint density at radius 1 is 1.10 bits per heavy atom. The van der Waals surface area contributed by atoms with Gasteiger partial charge >= 0.3 is 5.97 Å². The van der Waals surface area contributed by atoms with E-state index in [-0.39, 0.29) is 12.1 Å². The molecule has 0 bridgehead atoms. The average molecular weight is 427 g/mol. The normalized spacial score (nSPS) is 41.2. The van der Waals surface area contributed by atoms with Gasteiger partial charge in [0, 0.05) is 13.3 Å². The third-order valence-corrected chi connectivity index (χ3v) is 10.0. The number of esters is 1. The standard InChI is InChI=1S/C29H46O2/c1-19(2)8-7-9-20(3)25-12-13-26-24-11-10-22-18-23(31-21(4)30)14-16-28(22,5)27(24)15-17-29(25,26)6/h10,19,23-24,26-27H,7-9,11-18H2,1-6H3/b25-20+. The molecule has 0 radical (unpaired) electrons. The molecule has 2 nitrogen and oxygen atoms in total. The van der Waals surface area contributed by atoms with Crippen molar-refractivity contribution in [2.45, 2.75) is 118 Å². The Balaban J connectivity index is 1.52. The molecule has 4 rings (SSSR count). The summed E-state index contributed by atoms with van der Waals surface area (Å²) in [6.07, 6.45) is 16.7. The van der Waals surface area contributed by atoms with Crippen LogP contribution in [0.4, 0.5) is 0 Å². The minimum atomic E-state index is -0.120. The zero-order valence-corrected chi connectivity index (χ0v) is 21.1. The van der Waals surface area contributed by atoms with Crippen molar-refractivity contribution in [2.24, 2.45) is 34.5 Å². The molecule has 4 aliphatic rings. The number of hydrogen-bond donors (Lipinski definition) is 0. The predicted molar refractivity (Wildman–Crippen MR) is 129 cm³/mol. The molecule has 174 valence electrons. The van der Waals surface area contributed by atoms with Gasteiger partial charge in [-0.25, -0.2) is 0 Å². The molecule has 4 aliphatic carbocycles. The topological polar surface area (TPSA) is 26.3 Å². The molecule has 0 aliphatic heterocycles. The van der Waals surface area contributed by atoms with E-state index in [9.17, 15) is 4.79 Å². The predicted octanol–water partition coefficient (Wildman–Crippen LogP) is 8.02. The summed E-state index contributed by atoms with van der Waals surface area (Å²) in [6, 6.07) is 0.